The molecular formula is C14H30O8P2S2. The molecule has 0 atom stereocenters. The summed E-state index contributed by atoms with van der Waals surface area (Å²) in [4.78, 5) is 55.7. The average Bonchev–Trinajstić information content (AvgIpc) is 2.37. The second kappa shape index (κ2) is 19.5. The number of aromatic carboxylic acids is 1. The van der Waals surface area contributed by atoms with Crippen LogP contribution in [0, 0.1) is 6.92 Å². The number of carbonyl (C=O) groups is 1. The molecule has 0 aromatic heterocycles. The van der Waals surface area contributed by atoms with Crippen molar-refractivity contribution in [3.8, 4) is 0 Å². The number of hydrogen-bond acceptors (Lipinski definition) is 3. The molecule has 0 spiro atoms. The first-order valence-corrected chi connectivity index (χ1v) is 12.7. The van der Waals surface area contributed by atoms with Crippen molar-refractivity contribution in [2.24, 2.45) is 0 Å². The first kappa shape index (κ1) is 33.3. The van der Waals surface area contributed by atoms with E-state index in [4.69, 9.17) is 34.5 Å². The van der Waals surface area contributed by atoms with Gasteiger partial charge in [0, 0.05) is 0 Å². The first-order chi connectivity index (χ1) is 11.5. The van der Waals surface area contributed by atoms with Gasteiger partial charge >= 0.3 is 19.4 Å². The highest BCUT2D eigenvalue weighted by molar-refractivity contribution is 8.06. The maximum atomic E-state index is 10.3. The topological polar surface area (TPSA) is 159 Å². The van der Waals surface area contributed by atoms with Crippen LogP contribution in [0.15, 0.2) is 24.3 Å². The smallest absolute Gasteiger partial charge is 0.335 e. The van der Waals surface area contributed by atoms with E-state index in [1.54, 1.807) is 24.3 Å². The molecule has 7 N–H and O–H groups in total. The number of aryl methyl sites for hydroxylation is 1. The monoisotopic (exact) mass is 452 g/mol. The molecule has 12 heteroatoms. The van der Waals surface area contributed by atoms with Crippen LogP contribution in [0.1, 0.15) is 56.5 Å². The number of hydrogen-bond donors (Lipinski definition) is 7. The third-order valence-electron chi connectivity index (χ3n) is 1.30. The van der Waals surface area contributed by atoms with Gasteiger partial charge < -0.3 is 34.5 Å². The van der Waals surface area contributed by atoms with E-state index >= 15 is 0 Å². The van der Waals surface area contributed by atoms with Crippen molar-refractivity contribution >= 4 is 43.0 Å². The Morgan fingerprint density at radius 3 is 1.15 bits per heavy atom. The van der Waals surface area contributed by atoms with Gasteiger partial charge in [0.2, 0.25) is 0 Å². The largest absolute Gasteiger partial charge is 0.478 e. The Balaban J connectivity index is -0.000000130. The Morgan fingerprint density at radius 1 is 0.808 bits per heavy atom. The van der Waals surface area contributed by atoms with Crippen molar-refractivity contribution < 1.29 is 39.3 Å². The molecule has 156 valence electrons. The minimum absolute atomic E-state index is 0.339. The quantitative estimate of drug-likeness (QED) is 0.316. The highest BCUT2D eigenvalue weighted by Crippen LogP contribution is 2.26. The van der Waals surface area contributed by atoms with Gasteiger partial charge in [0.15, 0.2) is 0 Å². The van der Waals surface area contributed by atoms with Crippen molar-refractivity contribution in [3.05, 3.63) is 35.4 Å². The van der Waals surface area contributed by atoms with Crippen LogP contribution in [-0.4, -0.2) is 40.4 Å². The van der Waals surface area contributed by atoms with Crippen molar-refractivity contribution in [2.45, 2.75) is 47.5 Å². The first-order valence-electron chi connectivity index (χ1n) is 7.39. The molecule has 0 aliphatic rings. The molecular weight excluding hydrogens is 422 g/mol. The van der Waals surface area contributed by atoms with Gasteiger partial charge in [-0.1, -0.05) is 58.2 Å². The fourth-order valence-corrected chi connectivity index (χ4v) is 0.696. The normalized spacial score (nSPS) is 9.50. The standard InChI is InChI=1S/C8H8O2.2C3H8.2H3O3PS/c1-6-2-4-7(5-3-6)8(9)10;2*1-3-2;2*1-4(2,3)5/h2-5H,1H3,(H,9,10);2*3H2,1-2H3;2*(H3,1,2,3,5). The van der Waals surface area contributed by atoms with E-state index in [-0.39, 0.29) is 0 Å². The van der Waals surface area contributed by atoms with Gasteiger partial charge in [0.05, 0.1) is 5.56 Å². The fraction of sp³-hybridized carbons (Fsp3) is 0.500. The van der Waals surface area contributed by atoms with Gasteiger partial charge in [-0.15, -0.1) is 0 Å². The fourth-order valence-electron chi connectivity index (χ4n) is 0.696. The predicted octanol–water partition coefficient (Wildman–Crippen LogP) is 2.90. The van der Waals surface area contributed by atoms with Gasteiger partial charge in [-0.3, -0.25) is 0 Å². The number of benzene rings is 1. The Hall–Kier alpha value is -0.250. The molecule has 0 amide bonds. The van der Waals surface area contributed by atoms with Crippen LogP contribution in [0.2, 0.25) is 0 Å². The van der Waals surface area contributed by atoms with Crippen LogP contribution in [0.25, 0.3) is 0 Å². The molecule has 0 saturated carbocycles. The third-order valence-corrected chi connectivity index (χ3v) is 1.30. The summed E-state index contributed by atoms with van der Waals surface area (Å²) in [6.45, 7) is 2.81. The predicted molar refractivity (Wildman–Crippen MR) is 112 cm³/mol. The Labute approximate surface area is 165 Å². The van der Waals surface area contributed by atoms with E-state index in [0.717, 1.165) is 5.56 Å². The van der Waals surface area contributed by atoms with E-state index < -0.39 is 19.4 Å². The molecule has 0 bridgehead atoms. The second-order valence-corrected chi connectivity index (χ2v) is 9.60. The molecule has 1 rings (SSSR count). The molecule has 0 aliphatic carbocycles. The molecule has 0 aliphatic heterocycles. The Bertz CT molecular complexity index is 502. The van der Waals surface area contributed by atoms with Gasteiger partial charge in [0.25, 0.3) is 0 Å². The molecule has 0 fully saturated rings. The van der Waals surface area contributed by atoms with Crippen molar-refractivity contribution in [1.29, 1.82) is 0 Å². The number of carboxylic acid groups (broad SMARTS) is 1. The van der Waals surface area contributed by atoms with Crippen molar-refractivity contribution in [2.75, 3.05) is 0 Å². The van der Waals surface area contributed by atoms with Gasteiger partial charge in [-0.25, -0.2) is 4.79 Å². The lowest BCUT2D eigenvalue weighted by atomic mass is 10.2. The average molecular weight is 452 g/mol. The molecule has 1 aromatic carbocycles. The summed E-state index contributed by atoms with van der Waals surface area (Å²) in [5.74, 6) is -0.875. The minimum atomic E-state index is -3.81. The zero-order valence-corrected chi connectivity index (χ0v) is 18.9. The van der Waals surface area contributed by atoms with E-state index in [1.807, 2.05) is 6.92 Å². The lowest BCUT2D eigenvalue weighted by Gasteiger charge is -1.92. The maximum absolute atomic E-state index is 10.3. The van der Waals surface area contributed by atoms with E-state index in [9.17, 15) is 4.79 Å². The summed E-state index contributed by atoms with van der Waals surface area (Å²) in [5.41, 5.74) is 1.41. The SMILES string of the molecule is CCC.CCC.Cc1ccc(C(=O)O)cc1.OP(O)(O)=S.OP(O)(O)=S. The summed E-state index contributed by atoms with van der Waals surface area (Å²) >= 11 is 7.21. The molecule has 1 aromatic rings. The lowest BCUT2D eigenvalue weighted by Crippen LogP contribution is -1.94. The third kappa shape index (κ3) is 65.0. The Morgan fingerprint density at radius 2 is 1.00 bits per heavy atom. The zero-order chi connectivity index (χ0) is 22.0. The van der Waals surface area contributed by atoms with Crippen molar-refractivity contribution in [1.82, 2.24) is 0 Å². The highest BCUT2D eigenvalue weighted by Gasteiger charge is 1.98. The van der Waals surface area contributed by atoms with Gasteiger partial charge in [0.1, 0.15) is 0 Å². The minimum Gasteiger partial charge on any atom is -0.478 e. The van der Waals surface area contributed by atoms with Crippen molar-refractivity contribution in [3.63, 3.8) is 0 Å². The van der Waals surface area contributed by atoms with Crippen LogP contribution in [-0.2, 0) is 23.6 Å². The zero-order valence-electron chi connectivity index (χ0n) is 15.5. The molecule has 0 heterocycles. The summed E-state index contributed by atoms with van der Waals surface area (Å²) in [7, 11) is 0. The summed E-state index contributed by atoms with van der Waals surface area (Å²) < 4.78 is 0. The van der Waals surface area contributed by atoms with Gasteiger partial charge in [-0.05, 0) is 42.7 Å². The number of rotatable bonds is 1. The maximum Gasteiger partial charge on any atom is 0.335 e. The van der Waals surface area contributed by atoms with Crippen LogP contribution in [0.3, 0.4) is 0 Å². The molecule has 0 saturated heterocycles. The molecule has 26 heavy (non-hydrogen) atoms. The van der Waals surface area contributed by atoms with E-state index in [1.165, 1.54) is 12.8 Å². The summed E-state index contributed by atoms with van der Waals surface area (Å²) in [6, 6.07) is 6.75. The van der Waals surface area contributed by atoms with Crippen LogP contribution in [0.4, 0.5) is 0 Å². The lowest BCUT2D eigenvalue weighted by molar-refractivity contribution is 0.0696. The molecule has 0 radical (unpaired) electrons. The van der Waals surface area contributed by atoms with Gasteiger partial charge in [-0.2, -0.15) is 0 Å². The van der Waals surface area contributed by atoms with Crippen LogP contribution < -0.4 is 0 Å². The van der Waals surface area contributed by atoms with E-state index in [0.29, 0.717) is 5.56 Å². The van der Waals surface area contributed by atoms with Crippen LogP contribution in [0.5, 0.6) is 0 Å². The summed E-state index contributed by atoms with van der Waals surface area (Å²) in [6.07, 6.45) is 2.50. The highest BCUT2D eigenvalue weighted by atomic mass is 32.5. The van der Waals surface area contributed by atoms with Crippen LogP contribution >= 0.6 is 13.4 Å². The second-order valence-electron chi connectivity index (χ2n) is 4.61. The summed E-state index contributed by atoms with van der Waals surface area (Å²) in [5, 5.41) is 8.48. The number of carboxylic acids is 1. The molecule has 8 nitrogen and oxygen atoms in total. The molecule has 0 unspecified atom stereocenters. The Kier molecular flexibility index (Phi) is 25.0. The van der Waals surface area contributed by atoms with E-state index in [2.05, 4.69) is 51.3 Å².